The molecule has 13 heavy (non-hydrogen) atoms. The van der Waals surface area contributed by atoms with Crippen LogP contribution in [0.4, 0.5) is 0 Å². The van der Waals surface area contributed by atoms with Crippen LogP contribution in [-0.4, -0.2) is 0 Å². The molecule has 0 aliphatic rings. The van der Waals surface area contributed by atoms with Crippen molar-refractivity contribution in [3.8, 4) is 0 Å². The van der Waals surface area contributed by atoms with Gasteiger partial charge in [-0.05, 0) is 55.4 Å². The van der Waals surface area contributed by atoms with Crippen molar-refractivity contribution in [3.63, 3.8) is 0 Å². The van der Waals surface area contributed by atoms with Gasteiger partial charge >= 0.3 is 0 Å². The molecule has 0 spiro atoms. The van der Waals surface area contributed by atoms with Gasteiger partial charge in [-0.15, -0.1) is 11.3 Å². The van der Waals surface area contributed by atoms with Crippen molar-refractivity contribution in [2.24, 2.45) is 0 Å². The molecular weight excluding hydrogens is 316 g/mol. The van der Waals surface area contributed by atoms with Crippen LogP contribution in [0.1, 0.15) is 0 Å². The number of hydrogen-bond donors (Lipinski definition) is 0. The molecule has 0 aliphatic carbocycles. The Morgan fingerprint density at radius 3 is 2.69 bits per heavy atom. The van der Waals surface area contributed by atoms with E-state index in [0.29, 0.717) is 0 Å². The van der Waals surface area contributed by atoms with Crippen molar-refractivity contribution in [1.29, 1.82) is 0 Å². The van der Waals surface area contributed by atoms with Gasteiger partial charge < -0.3 is 0 Å². The molecule has 1 aromatic carbocycles. The predicted octanol–water partition coefficient (Wildman–Crippen LogP) is 3.79. The van der Waals surface area contributed by atoms with Crippen LogP contribution in [0.15, 0.2) is 37.3 Å². The Balaban J connectivity index is 3.06. The van der Waals surface area contributed by atoms with Gasteiger partial charge in [0, 0.05) is 13.6 Å². The summed E-state index contributed by atoms with van der Waals surface area (Å²) in [6.45, 7) is 0. The fourth-order valence-corrected chi connectivity index (χ4v) is 2.92. The van der Waals surface area contributed by atoms with Crippen LogP contribution in [0, 0.1) is 0 Å². The molecular formula is C9H4Br2OS. The second-order valence-corrected chi connectivity index (χ2v) is 5.11. The molecule has 1 heterocycles. The van der Waals surface area contributed by atoms with Gasteiger partial charge in [0.05, 0.1) is 5.39 Å². The van der Waals surface area contributed by atoms with Crippen LogP contribution >= 0.6 is 43.2 Å². The first-order chi connectivity index (χ1) is 6.20. The summed E-state index contributed by atoms with van der Waals surface area (Å²) in [5, 5.41) is 2.56. The normalized spacial score (nSPS) is 10.6. The van der Waals surface area contributed by atoms with E-state index in [4.69, 9.17) is 0 Å². The highest BCUT2D eigenvalue weighted by molar-refractivity contribution is 9.13. The Hall–Kier alpha value is -0.190. The first kappa shape index (κ1) is 9.37. The summed E-state index contributed by atoms with van der Waals surface area (Å²) in [7, 11) is 0. The van der Waals surface area contributed by atoms with Gasteiger partial charge in [-0.3, -0.25) is 4.79 Å². The summed E-state index contributed by atoms with van der Waals surface area (Å²) in [4.78, 5) is 11.5. The Morgan fingerprint density at radius 1 is 1.15 bits per heavy atom. The molecule has 0 amide bonds. The minimum absolute atomic E-state index is 0.0573. The molecule has 2 aromatic rings. The summed E-state index contributed by atoms with van der Waals surface area (Å²) < 4.78 is 2.75. The Kier molecular flexibility index (Phi) is 2.53. The fraction of sp³-hybridized carbons (Fsp3) is 0. The maximum absolute atomic E-state index is 11.5. The minimum Gasteiger partial charge on any atom is -0.289 e. The lowest BCUT2D eigenvalue weighted by molar-refractivity contribution is 1.64. The molecule has 0 saturated heterocycles. The van der Waals surface area contributed by atoms with E-state index in [0.717, 1.165) is 19.0 Å². The van der Waals surface area contributed by atoms with Crippen molar-refractivity contribution >= 4 is 53.3 Å². The SMILES string of the molecule is O=c1ccsc2ccc(Br)c(Br)c12. The number of fused-ring (bicyclic) bond motifs is 1. The second kappa shape index (κ2) is 3.52. The lowest BCUT2D eigenvalue weighted by Crippen LogP contribution is -1.97. The third-order valence-corrected chi connectivity index (χ3v) is 4.60. The highest BCUT2D eigenvalue weighted by Crippen LogP contribution is 2.30. The fourth-order valence-electron chi connectivity index (χ4n) is 1.11. The highest BCUT2D eigenvalue weighted by atomic mass is 79.9. The zero-order valence-corrected chi connectivity index (χ0v) is 10.4. The van der Waals surface area contributed by atoms with Gasteiger partial charge in [-0.2, -0.15) is 0 Å². The molecule has 0 aliphatic heterocycles. The Bertz CT molecular complexity index is 518. The molecule has 4 heteroatoms. The number of hydrogen-bond acceptors (Lipinski definition) is 2. The molecule has 66 valence electrons. The average molecular weight is 320 g/mol. The summed E-state index contributed by atoms with van der Waals surface area (Å²) in [6.07, 6.45) is 0. The number of benzene rings is 1. The van der Waals surface area contributed by atoms with Crippen molar-refractivity contribution in [2.45, 2.75) is 0 Å². The quantitative estimate of drug-likeness (QED) is 0.722. The van der Waals surface area contributed by atoms with E-state index >= 15 is 0 Å². The molecule has 2 rings (SSSR count). The zero-order valence-electron chi connectivity index (χ0n) is 6.38. The molecule has 0 saturated carbocycles. The first-order valence-corrected chi connectivity index (χ1v) is 6.02. The van der Waals surface area contributed by atoms with Gasteiger partial charge in [-0.25, -0.2) is 0 Å². The zero-order chi connectivity index (χ0) is 9.42. The van der Waals surface area contributed by atoms with E-state index < -0.39 is 0 Å². The lowest BCUT2D eigenvalue weighted by Gasteiger charge is -1.99. The Morgan fingerprint density at radius 2 is 1.92 bits per heavy atom. The highest BCUT2D eigenvalue weighted by Gasteiger charge is 2.05. The molecule has 0 fully saturated rings. The predicted molar refractivity (Wildman–Crippen MR) is 63.5 cm³/mol. The van der Waals surface area contributed by atoms with Crippen LogP contribution in [0.5, 0.6) is 0 Å². The summed E-state index contributed by atoms with van der Waals surface area (Å²) in [6, 6.07) is 5.46. The molecule has 1 nitrogen and oxygen atoms in total. The topological polar surface area (TPSA) is 17.1 Å². The summed E-state index contributed by atoms with van der Waals surface area (Å²) >= 11 is 8.32. The van der Waals surface area contributed by atoms with Crippen molar-refractivity contribution in [1.82, 2.24) is 0 Å². The van der Waals surface area contributed by atoms with Crippen molar-refractivity contribution < 1.29 is 0 Å². The van der Waals surface area contributed by atoms with Crippen LogP contribution in [-0.2, 0) is 0 Å². The molecule has 0 atom stereocenters. The van der Waals surface area contributed by atoms with E-state index in [9.17, 15) is 4.79 Å². The van der Waals surface area contributed by atoms with Gasteiger partial charge in [0.1, 0.15) is 0 Å². The number of halogens is 2. The van der Waals surface area contributed by atoms with Gasteiger partial charge in [0.15, 0.2) is 5.43 Å². The monoisotopic (exact) mass is 318 g/mol. The van der Waals surface area contributed by atoms with Gasteiger partial charge in [0.2, 0.25) is 0 Å². The van der Waals surface area contributed by atoms with Gasteiger partial charge in [0.25, 0.3) is 0 Å². The van der Waals surface area contributed by atoms with E-state index in [1.54, 1.807) is 17.4 Å². The molecule has 0 unspecified atom stereocenters. The first-order valence-electron chi connectivity index (χ1n) is 3.55. The van der Waals surface area contributed by atoms with E-state index in [2.05, 4.69) is 31.9 Å². The molecule has 0 bridgehead atoms. The average Bonchev–Trinajstić information content (AvgIpc) is 2.12. The molecule has 0 radical (unpaired) electrons. The maximum atomic E-state index is 11.5. The van der Waals surface area contributed by atoms with E-state index in [-0.39, 0.29) is 5.43 Å². The van der Waals surface area contributed by atoms with Gasteiger partial charge in [-0.1, -0.05) is 0 Å². The lowest BCUT2D eigenvalue weighted by atomic mass is 10.2. The third kappa shape index (κ3) is 1.58. The minimum atomic E-state index is 0.0573. The van der Waals surface area contributed by atoms with E-state index in [1.165, 1.54) is 0 Å². The molecule has 0 N–H and O–H groups in total. The molecule has 1 aromatic heterocycles. The second-order valence-electron chi connectivity index (χ2n) is 2.52. The van der Waals surface area contributed by atoms with Crippen molar-refractivity contribution in [3.05, 3.63) is 42.7 Å². The van der Waals surface area contributed by atoms with Crippen LogP contribution < -0.4 is 5.43 Å². The smallest absolute Gasteiger partial charge is 0.189 e. The van der Waals surface area contributed by atoms with E-state index in [1.807, 2.05) is 17.5 Å². The summed E-state index contributed by atoms with van der Waals surface area (Å²) in [5.41, 5.74) is 0.0573. The third-order valence-electron chi connectivity index (χ3n) is 1.72. The standard InChI is InChI=1S/C9H4Br2OS/c10-5-1-2-7-8(9(5)11)6(12)3-4-13-7/h1-4H. The van der Waals surface area contributed by atoms with Crippen LogP contribution in [0.3, 0.4) is 0 Å². The maximum Gasteiger partial charge on any atom is 0.189 e. The number of rotatable bonds is 0. The van der Waals surface area contributed by atoms with Crippen molar-refractivity contribution in [2.75, 3.05) is 0 Å². The van der Waals surface area contributed by atoms with Crippen LogP contribution in [0.2, 0.25) is 0 Å². The Labute approximate surface area is 95.7 Å². The van der Waals surface area contributed by atoms with Crippen LogP contribution in [0.25, 0.3) is 10.1 Å². The largest absolute Gasteiger partial charge is 0.289 e. The summed E-state index contributed by atoms with van der Waals surface area (Å²) in [5.74, 6) is 0.